The number of rotatable bonds is 5. The average molecular weight is 559 g/mol. The number of benzene rings is 2. The second-order valence-corrected chi connectivity index (χ2v) is 10.2. The first-order valence-electron chi connectivity index (χ1n) is 12.5. The fourth-order valence-electron chi connectivity index (χ4n) is 4.46. The van der Waals surface area contributed by atoms with E-state index in [1.54, 1.807) is 35.2 Å². The van der Waals surface area contributed by atoms with Crippen LogP contribution in [0.25, 0.3) is 22.4 Å². The second kappa shape index (κ2) is 10.7. The molecule has 3 heterocycles. The summed E-state index contributed by atoms with van der Waals surface area (Å²) >= 11 is 5.92. The van der Waals surface area contributed by atoms with Gasteiger partial charge in [0.2, 0.25) is 0 Å². The van der Waals surface area contributed by atoms with Gasteiger partial charge >= 0.3 is 12.2 Å². The number of hydrogen-bond donors (Lipinski definition) is 1. The van der Waals surface area contributed by atoms with Gasteiger partial charge in [0.25, 0.3) is 5.71 Å². The number of alkyl halides is 3. The number of nitrogens with one attached hydrogen (secondary N) is 1. The number of piperazine rings is 1. The third kappa shape index (κ3) is 5.93. The van der Waals surface area contributed by atoms with Gasteiger partial charge < -0.3 is 19.6 Å². The van der Waals surface area contributed by atoms with Gasteiger partial charge in [0, 0.05) is 48.9 Å². The molecule has 8 nitrogen and oxygen atoms in total. The molecule has 12 heteroatoms. The van der Waals surface area contributed by atoms with Crippen LogP contribution >= 0.6 is 11.6 Å². The first-order chi connectivity index (χ1) is 18.6. The predicted molar refractivity (Wildman–Crippen MR) is 143 cm³/mol. The molecule has 2 aromatic heterocycles. The van der Waals surface area contributed by atoms with Crippen molar-refractivity contribution >= 4 is 40.2 Å². The lowest BCUT2D eigenvalue weighted by molar-refractivity contribution is -0.137. The number of aromatic nitrogens is 3. The Bertz CT molecular complexity index is 1480. The van der Waals surface area contributed by atoms with Crippen LogP contribution in [0.1, 0.15) is 25.2 Å². The van der Waals surface area contributed by atoms with Gasteiger partial charge in [-0.1, -0.05) is 42.7 Å². The Kier molecular flexibility index (Phi) is 7.35. The van der Waals surface area contributed by atoms with Crippen molar-refractivity contribution < 1.29 is 22.5 Å². The standard InChI is InChI=1S/C27H26ClF3N6O2/c1-16(2)14-21-33-24(36-10-12-37(13-11-36)26(38)32-20-8-6-19(28)7-9-20)22-23(35-39-25(22)34-21)17-4-3-5-18(15-17)27(29,30)31/h3-9,15-16H,10-14H2,1-2H3,(H,32,38). The number of fused-ring (bicyclic) bond motifs is 1. The van der Waals surface area contributed by atoms with Crippen LogP contribution in [0.15, 0.2) is 53.1 Å². The van der Waals surface area contributed by atoms with E-state index in [0.717, 1.165) is 12.1 Å². The molecule has 1 aliphatic heterocycles. The zero-order chi connectivity index (χ0) is 27.7. The molecular weight excluding hydrogens is 533 g/mol. The molecular formula is C27H26ClF3N6O2. The van der Waals surface area contributed by atoms with Gasteiger partial charge in [-0.3, -0.25) is 0 Å². The third-order valence-corrected chi connectivity index (χ3v) is 6.63. The Hall–Kier alpha value is -3.86. The fourth-order valence-corrected chi connectivity index (χ4v) is 4.59. The van der Waals surface area contributed by atoms with E-state index in [-0.39, 0.29) is 28.9 Å². The van der Waals surface area contributed by atoms with Crippen LogP contribution in [0.4, 0.5) is 29.5 Å². The number of hydrogen-bond acceptors (Lipinski definition) is 6. The van der Waals surface area contributed by atoms with Gasteiger partial charge in [-0.15, -0.1) is 0 Å². The molecule has 0 bridgehead atoms. The minimum absolute atomic E-state index is 0.214. The van der Waals surface area contributed by atoms with Crippen LogP contribution in [-0.4, -0.2) is 52.2 Å². The van der Waals surface area contributed by atoms with Gasteiger partial charge in [-0.2, -0.15) is 18.2 Å². The summed E-state index contributed by atoms with van der Waals surface area (Å²) in [6, 6.07) is 11.6. The van der Waals surface area contributed by atoms with E-state index in [4.69, 9.17) is 21.1 Å². The van der Waals surface area contributed by atoms with Gasteiger partial charge in [0.15, 0.2) is 0 Å². The van der Waals surface area contributed by atoms with Crippen LogP contribution in [0.5, 0.6) is 0 Å². The van der Waals surface area contributed by atoms with Gasteiger partial charge in [0.05, 0.1) is 5.56 Å². The van der Waals surface area contributed by atoms with E-state index in [1.165, 1.54) is 6.07 Å². The van der Waals surface area contributed by atoms with Crippen molar-refractivity contribution in [2.24, 2.45) is 5.92 Å². The van der Waals surface area contributed by atoms with Crippen LogP contribution in [0.3, 0.4) is 0 Å². The predicted octanol–water partition coefficient (Wildman–Crippen LogP) is 6.51. The maximum Gasteiger partial charge on any atom is 0.416 e. The van der Waals surface area contributed by atoms with Crippen molar-refractivity contribution in [1.82, 2.24) is 20.0 Å². The highest BCUT2D eigenvalue weighted by molar-refractivity contribution is 6.30. The monoisotopic (exact) mass is 558 g/mol. The highest BCUT2D eigenvalue weighted by Gasteiger charge is 2.32. The molecule has 0 spiro atoms. The Labute approximate surface area is 227 Å². The number of carbonyl (C=O) groups excluding carboxylic acids is 1. The van der Waals surface area contributed by atoms with Gasteiger partial charge in [-0.05, 0) is 42.3 Å². The molecule has 204 valence electrons. The molecule has 1 aliphatic rings. The van der Waals surface area contributed by atoms with E-state index in [9.17, 15) is 18.0 Å². The molecule has 0 atom stereocenters. The number of nitrogens with zero attached hydrogens (tertiary/aromatic N) is 5. The van der Waals surface area contributed by atoms with Gasteiger partial charge in [0.1, 0.15) is 22.7 Å². The minimum atomic E-state index is -4.50. The third-order valence-electron chi connectivity index (χ3n) is 6.38. The Morgan fingerprint density at radius 3 is 2.46 bits per heavy atom. The summed E-state index contributed by atoms with van der Waals surface area (Å²) in [4.78, 5) is 25.8. The van der Waals surface area contributed by atoms with Crippen molar-refractivity contribution in [3.05, 3.63) is 64.9 Å². The van der Waals surface area contributed by atoms with Crippen molar-refractivity contribution in [3.63, 3.8) is 0 Å². The number of urea groups is 1. The molecule has 2 amide bonds. The normalized spacial score (nSPS) is 14.3. The maximum atomic E-state index is 13.4. The van der Waals surface area contributed by atoms with Gasteiger partial charge in [-0.25, -0.2) is 9.78 Å². The molecule has 2 aromatic carbocycles. The molecule has 5 rings (SSSR count). The number of halogens is 4. The fraction of sp³-hybridized carbons (Fsp3) is 0.333. The molecule has 4 aromatic rings. The Morgan fingerprint density at radius 1 is 1.08 bits per heavy atom. The van der Waals surface area contributed by atoms with Crippen LogP contribution < -0.4 is 10.2 Å². The van der Waals surface area contributed by atoms with E-state index in [1.807, 2.05) is 18.7 Å². The first-order valence-corrected chi connectivity index (χ1v) is 12.9. The van der Waals surface area contributed by atoms with Crippen LogP contribution in [-0.2, 0) is 12.6 Å². The van der Waals surface area contributed by atoms with E-state index >= 15 is 0 Å². The second-order valence-electron chi connectivity index (χ2n) is 9.76. The molecule has 39 heavy (non-hydrogen) atoms. The summed E-state index contributed by atoms with van der Waals surface area (Å²) in [6.07, 6.45) is -3.91. The number of carbonyl (C=O) groups is 1. The lowest BCUT2D eigenvalue weighted by atomic mass is 10.1. The molecule has 1 saturated heterocycles. The van der Waals surface area contributed by atoms with Crippen molar-refractivity contribution in [1.29, 1.82) is 0 Å². The smallest absolute Gasteiger partial charge is 0.352 e. The zero-order valence-electron chi connectivity index (χ0n) is 21.3. The molecule has 0 unspecified atom stereocenters. The van der Waals surface area contributed by atoms with Crippen molar-refractivity contribution in [2.45, 2.75) is 26.4 Å². The lowest BCUT2D eigenvalue weighted by Gasteiger charge is -2.35. The average Bonchev–Trinajstić information content (AvgIpc) is 3.33. The van der Waals surface area contributed by atoms with Crippen molar-refractivity contribution in [3.8, 4) is 11.3 Å². The summed E-state index contributed by atoms with van der Waals surface area (Å²) in [7, 11) is 0. The summed E-state index contributed by atoms with van der Waals surface area (Å²) in [6.45, 7) is 5.81. The molecule has 0 saturated carbocycles. The summed E-state index contributed by atoms with van der Waals surface area (Å²) in [5.41, 5.74) is 0.565. The van der Waals surface area contributed by atoms with E-state index in [2.05, 4.69) is 15.5 Å². The lowest BCUT2D eigenvalue weighted by Crippen LogP contribution is -2.50. The quantitative estimate of drug-likeness (QED) is 0.300. The number of anilines is 2. The first kappa shape index (κ1) is 26.7. The SMILES string of the molecule is CC(C)Cc1nc(N2CCN(C(=O)Nc3ccc(Cl)cc3)CC2)c2c(-c3cccc(C(F)(F)F)c3)noc2n1. The van der Waals surface area contributed by atoms with Crippen LogP contribution in [0.2, 0.25) is 5.02 Å². The maximum absolute atomic E-state index is 13.4. The highest BCUT2D eigenvalue weighted by Crippen LogP contribution is 2.37. The largest absolute Gasteiger partial charge is 0.416 e. The molecule has 0 radical (unpaired) electrons. The minimum Gasteiger partial charge on any atom is -0.352 e. The Morgan fingerprint density at radius 2 is 1.79 bits per heavy atom. The van der Waals surface area contributed by atoms with E-state index in [0.29, 0.717) is 60.3 Å². The number of amides is 2. The summed E-state index contributed by atoms with van der Waals surface area (Å²) in [5, 5.41) is 7.99. The molecule has 1 N–H and O–H groups in total. The van der Waals surface area contributed by atoms with Crippen LogP contribution in [0, 0.1) is 5.92 Å². The van der Waals surface area contributed by atoms with Crippen molar-refractivity contribution in [2.75, 3.05) is 36.4 Å². The molecule has 1 fully saturated rings. The topological polar surface area (TPSA) is 87.4 Å². The highest BCUT2D eigenvalue weighted by atomic mass is 35.5. The molecule has 0 aliphatic carbocycles. The van der Waals surface area contributed by atoms with E-state index < -0.39 is 11.7 Å². The Balaban J connectivity index is 1.44. The summed E-state index contributed by atoms with van der Waals surface area (Å²) in [5.74, 6) is 1.36. The summed E-state index contributed by atoms with van der Waals surface area (Å²) < 4.78 is 45.7. The zero-order valence-corrected chi connectivity index (χ0v) is 22.1.